The van der Waals surface area contributed by atoms with Gasteiger partial charge in [0.1, 0.15) is 10.7 Å². The van der Waals surface area contributed by atoms with Crippen LogP contribution in [-0.4, -0.2) is 25.7 Å². The second-order valence-electron chi connectivity index (χ2n) is 4.88. The van der Waals surface area contributed by atoms with E-state index in [1.807, 2.05) is 0 Å². The van der Waals surface area contributed by atoms with E-state index in [-0.39, 0.29) is 15.1 Å². The molecule has 0 bridgehead atoms. The molecule has 20 heavy (non-hydrogen) atoms. The molecular formula is C12H16BrFN2O3S. The summed E-state index contributed by atoms with van der Waals surface area (Å²) in [6.07, 6.45) is 2.16. The van der Waals surface area contributed by atoms with Crippen molar-refractivity contribution < 1.29 is 17.9 Å². The van der Waals surface area contributed by atoms with Gasteiger partial charge in [-0.3, -0.25) is 0 Å². The van der Waals surface area contributed by atoms with Crippen molar-refractivity contribution in [3.8, 4) is 0 Å². The Morgan fingerprint density at radius 1 is 1.35 bits per heavy atom. The van der Waals surface area contributed by atoms with Crippen LogP contribution in [0.2, 0.25) is 0 Å². The molecule has 1 aliphatic carbocycles. The number of aliphatic hydroxyl groups excluding tert-OH is 1. The molecule has 0 saturated heterocycles. The minimum atomic E-state index is -3.89. The summed E-state index contributed by atoms with van der Waals surface area (Å²) in [6, 6.07) is 1.55. The van der Waals surface area contributed by atoms with Crippen LogP contribution in [0.15, 0.2) is 21.5 Å². The van der Waals surface area contributed by atoms with E-state index in [4.69, 9.17) is 5.73 Å². The predicted molar refractivity (Wildman–Crippen MR) is 77.1 cm³/mol. The van der Waals surface area contributed by atoms with Gasteiger partial charge in [-0.15, -0.1) is 0 Å². The molecule has 2 atom stereocenters. The van der Waals surface area contributed by atoms with Crippen LogP contribution in [0.3, 0.4) is 0 Å². The Bertz CT molecular complexity index is 609. The maximum absolute atomic E-state index is 13.3. The van der Waals surface area contributed by atoms with Crippen LogP contribution in [0.25, 0.3) is 0 Å². The Kier molecular flexibility index (Phi) is 4.68. The van der Waals surface area contributed by atoms with Crippen LogP contribution < -0.4 is 10.5 Å². The summed E-state index contributed by atoms with van der Waals surface area (Å²) in [6.45, 7) is 0. The molecule has 0 aliphatic heterocycles. The van der Waals surface area contributed by atoms with Gasteiger partial charge in [-0.2, -0.15) is 0 Å². The Morgan fingerprint density at radius 3 is 2.65 bits per heavy atom. The number of nitrogens with two attached hydrogens (primary N) is 1. The molecule has 0 spiro atoms. The van der Waals surface area contributed by atoms with Crippen LogP contribution in [0.1, 0.15) is 25.7 Å². The van der Waals surface area contributed by atoms with Gasteiger partial charge in [-0.05, 0) is 40.9 Å². The molecule has 5 nitrogen and oxygen atoms in total. The van der Waals surface area contributed by atoms with E-state index < -0.39 is 28.0 Å². The first kappa shape index (κ1) is 15.7. The number of nitrogens with one attached hydrogen (secondary N) is 1. The number of aliphatic hydroxyl groups is 1. The van der Waals surface area contributed by atoms with E-state index in [2.05, 4.69) is 20.7 Å². The van der Waals surface area contributed by atoms with E-state index >= 15 is 0 Å². The molecule has 8 heteroatoms. The van der Waals surface area contributed by atoms with Crippen molar-refractivity contribution in [1.82, 2.24) is 4.72 Å². The molecule has 0 amide bonds. The fourth-order valence-corrected chi connectivity index (χ4v) is 4.23. The van der Waals surface area contributed by atoms with Gasteiger partial charge in [0, 0.05) is 6.04 Å². The van der Waals surface area contributed by atoms with Gasteiger partial charge in [-0.25, -0.2) is 17.5 Å². The normalized spacial score (nSPS) is 23.8. The second-order valence-corrected chi connectivity index (χ2v) is 7.42. The number of benzene rings is 1. The summed E-state index contributed by atoms with van der Waals surface area (Å²) < 4.78 is 40.3. The van der Waals surface area contributed by atoms with E-state index in [0.717, 1.165) is 25.0 Å². The summed E-state index contributed by atoms with van der Waals surface area (Å²) in [5.41, 5.74) is 5.41. The Labute approximate surface area is 125 Å². The third kappa shape index (κ3) is 3.30. The van der Waals surface area contributed by atoms with Gasteiger partial charge in [0.2, 0.25) is 10.0 Å². The Morgan fingerprint density at radius 2 is 2.00 bits per heavy atom. The largest absolute Gasteiger partial charge is 0.398 e. The second kappa shape index (κ2) is 5.97. The van der Waals surface area contributed by atoms with Crippen molar-refractivity contribution in [2.45, 2.75) is 42.7 Å². The quantitative estimate of drug-likeness (QED) is 0.710. The summed E-state index contributed by atoms with van der Waals surface area (Å²) in [5, 5.41) is 9.82. The molecule has 0 heterocycles. The molecule has 1 aromatic rings. The molecule has 2 rings (SSSR count). The van der Waals surface area contributed by atoms with Gasteiger partial charge < -0.3 is 10.8 Å². The lowest BCUT2D eigenvalue weighted by atomic mass is 9.93. The number of nitrogen functional groups attached to an aromatic ring is 1. The van der Waals surface area contributed by atoms with Crippen molar-refractivity contribution in [2.24, 2.45) is 0 Å². The van der Waals surface area contributed by atoms with Crippen molar-refractivity contribution in [3.63, 3.8) is 0 Å². The molecule has 1 fully saturated rings. The van der Waals surface area contributed by atoms with Gasteiger partial charge in [0.15, 0.2) is 0 Å². The lowest BCUT2D eigenvalue weighted by molar-refractivity contribution is 0.101. The monoisotopic (exact) mass is 366 g/mol. The van der Waals surface area contributed by atoms with E-state index in [1.165, 1.54) is 0 Å². The van der Waals surface area contributed by atoms with Gasteiger partial charge in [0.25, 0.3) is 0 Å². The highest BCUT2D eigenvalue weighted by atomic mass is 79.9. The van der Waals surface area contributed by atoms with Crippen molar-refractivity contribution in [2.75, 3.05) is 5.73 Å². The topological polar surface area (TPSA) is 92.4 Å². The standard InChI is InChI=1S/C12H16BrFN2O3S/c13-7-5-12(9(15)6-8(7)14)20(18,19)16-10-3-1-2-4-11(10)17/h5-6,10-11,16-17H,1-4,15H2/t10-,11-/m0/s1. The number of hydrogen-bond acceptors (Lipinski definition) is 4. The molecule has 4 N–H and O–H groups in total. The lowest BCUT2D eigenvalue weighted by Crippen LogP contribution is -2.45. The zero-order valence-electron chi connectivity index (χ0n) is 10.6. The predicted octanol–water partition coefficient (Wildman–Crippen LogP) is 1.75. The van der Waals surface area contributed by atoms with Crippen LogP contribution in [0.5, 0.6) is 0 Å². The zero-order valence-corrected chi connectivity index (χ0v) is 13.0. The number of sulfonamides is 1. The third-order valence-corrected chi connectivity index (χ3v) is 5.53. The lowest BCUT2D eigenvalue weighted by Gasteiger charge is -2.28. The summed E-state index contributed by atoms with van der Waals surface area (Å²) >= 11 is 2.94. The minimum Gasteiger partial charge on any atom is -0.398 e. The van der Waals surface area contributed by atoms with Gasteiger partial charge in [-0.1, -0.05) is 12.8 Å². The zero-order chi connectivity index (χ0) is 14.9. The summed E-state index contributed by atoms with van der Waals surface area (Å²) in [5.74, 6) is -0.626. The molecule has 0 radical (unpaired) electrons. The number of hydrogen-bond donors (Lipinski definition) is 3. The molecule has 0 aromatic heterocycles. The highest BCUT2D eigenvalue weighted by molar-refractivity contribution is 9.10. The fourth-order valence-electron chi connectivity index (χ4n) is 2.29. The SMILES string of the molecule is Nc1cc(F)c(Br)cc1S(=O)(=O)N[C@H]1CCCC[C@@H]1O. The van der Waals surface area contributed by atoms with Crippen LogP contribution in [-0.2, 0) is 10.0 Å². The van der Waals surface area contributed by atoms with Crippen LogP contribution >= 0.6 is 15.9 Å². The molecule has 112 valence electrons. The maximum Gasteiger partial charge on any atom is 0.242 e. The first-order valence-corrected chi connectivity index (χ1v) is 8.54. The van der Waals surface area contributed by atoms with Crippen molar-refractivity contribution >= 4 is 31.6 Å². The molecule has 0 unspecified atom stereocenters. The third-order valence-electron chi connectivity index (χ3n) is 3.38. The summed E-state index contributed by atoms with van der Waals surface area (Å²) in [4.78, 5) is -0.191. The first-order chi connectivity index (χ1) is 9.31. The van der Waals surface area contributed by atoms with Crippen LogP contribution in [0.4, 0.5) is 10.1 Å². The molecule has 1 saturated carbocycles. The fraction of sp³-hybridized carbons (Fsp3) is 0.500. The van der Waals surface area contributed by atoms with Gasteiger partial charge >= 0.3 is 0 Å². The molecule has 1 aliphatic rings. The molecular weight excluding hydrogens is 351 g/mol. The summed E-state index contributed by atoms with van der Waals surface area (Å²) in [7, 11) is -3.89. The van der Waals surface area contributed by atoms with Crippen LogP contribution in [0, 0.1) is 5.82 Å². The highest BCUT2D eigenvalue weighted by Crippen LogP contribution is 2.27. The Hall–Kier alpha value is -0.700. The number of rotatable bonds is 3. The minimum absolute atomic E-state index is 0.0243. The Balaban J connectivity index is 2.28. The first-order valence-electron chi connectivity index (χ1n) is 6.26. The van der Waals surface area contributed by atoms with E-state index in [9.17, 15) is 17.9 Å². The molecule has 1 aromatic carbocycles. The average molecular weight is 367 g/mol. The van der Waals surface area contributed by atoms with E-state index in [1.54, 1.807) is 0 Å². The number of anilines is 1. The highest BCUT2D eigenvalue weighted by Gasteiger charge is 2.29. The van der Waals surface area contributed by atoms with E-state index in [0.29, 0.717) is 12.8 Å². The van der Waals surface area contributed by atoms with Crippen molar-refractivity contribution in [1.29, 1.82) is 0 Å². The van der Waals surface area contributed by atoms with Gasteiger partial charge in [0.05, 0.1) is 16.3 Å². The van der Waals surface area contributed by atoms with Crippen molar-refractivity contribution in [3.05, 3.63) is 22.4 Å². The average Bonchev–Trinajstić information content (AvgIpc) is 2.36. The maximum atomic E-state index is 13.3. The number of halogens is 2. The smallest absolute Gasteiger partial charge is 0.242 e.